The molecule has 2 aliphatic rings. The summed E-state index contributed by atoms with van der Waals surface area (Å²) in [6, 6.07) is 4.68. The number of benzene rings is 1. The molecule has 2 atom stereocenters. The molecule has 2 heterocycles. The van der Waals surface area contributed by atoms with Gasteiger partial charge in [-0.3, -0.25) is 4.79 Å². The number of fused-ring (bicyclic) bond motifs is 2. The fourth-order valence-corrected chi connectivity index (χ4v) is 3.90. The Kier molecular flexibility index (Phi) is 4.07. The van der Waals surface area contributed by atoms with E-state index < -0.39 is 11.6 Å². The second-order valence-electron chi connectivity index (χ2n) is 6.42. The first-order valence-electron chi connectivity index (χ1n) is 7.73. The fourth-order valence-electron chi connectivity index (χ4n) is 3.90. The molecule has 0 spiro atoms. The smallest absolute Gasteiger partial charge is 0.140 e. The molecule has 2 fully saturated rings. The minimum atomic E-state index is -0.614. The van der Waals surface area contributed by atoms with Crippen molar-refractivity contribution in [2.75, 3.05) is 7.05 Å². The third-order valence-electron chi connectivity index (χ3n) is 5.21. The maximum absolute atomic E-state index is 13.7. The second-order valence-corrected chi connectivity index (χ2v) is 6.42. The predicted octanol–water partition coefficient (Wildman–Crippen LogP) is 3.34. The van der Waals surface area contributed by atoms with E-state index in [2.05, 4.69) is 11.9 Å². The third-order valence-corrected chi connectivity index (χ3v) is 5.21. The first kappa shape index (κ1) is 14.6. The summed E-state index contributed by atoms with van der Waals surface area (Å²) in [6.45, 7) is 0. The van der Waals surface area contributed by atoms with E-state index in [1.165, 1.54) is 24.6 Å². The summed E-state index contributed by atoms with van der Waals surface area (Å²) < 4.78 is 27.3. The molecule has 0 aromatic heterocycles. The van der Waals surface area contributed by atoms with Crippen molar-refractivity contribution in [2.45, 2.75) is 50.6 Å². The first-order valence-corrected chi connectivity index (χ1v) is 7.73. The van der Waals surface area contributed by atoms with E-state index in [1.54, 1.807) is 0 Å². The van der Waals surface area contributed by atoms with Crippen molar-refractivity contribution in [1.82, 2.24) is 4.90 Å². The van der Waals surface area contributed by atoms with Gasteiger partial charge in [-0.15, -0.1) is 0 Å². The van der Waals surface area contributed by atoms with Crippen LogP contribution in [-0.4, -0.2) is 29.8 Å². The molecule has 0 amide bonds. The first-order chi connectivity index (χ1) is 10.1. The second kappa shape index (κ2) is 5.84. The molecule has 1 aromatic carbocycles. The molecule has 2 nitrogen and oxygen atoms in total. The van der Waals surface area contributed by atoms with E-state index >= 15 is 0 Å². The number of hydrogen-bond donors (Lipinski definition) is 0. The molecule has 3 rings (SSSR count). The third kappa shape index (κ3) is 2.86. The van der Waals surface area contributed by atoms with Crippen molar-refractivity contribution in [3.63, 3.8) is 0 Å². The molecule has 1 aromatic rings. The van der Waals surface area contributed by atoms with Gasteiger partial charge in [-0.1, -0.05) is 12.5 Å². The Labute approximate surface area is 124 Å². The lowest BCUT2D eigenvalue weighted by atomic mass is 9.76. The van der Waals surface area contributed by atoms with Gasteiger partial charge in [0, 0.05) is 30.0 Å². The zero-order chi connectivity index (χ0) is 15.0. The maximum atomic E-state index is 13.7. The van der Waals surface area contributed by atoms with Crippen LogP contribution in [0.1, 0.15) is 37.7 Å². The topological polar surface area (TPSA) is 20.3 Å². The Morgan fingerprint density at radius 3 is 2.33 bits per heavy atom. The molecule has 21 heavy (non-hydrogen) atoms. The highest BCUT2D eigenvalue weighted by Gasteiger charge is 2.38. The summed E-state index contributed by atoms with van der Waals surface area (Å²) in [5, 5.41) is 0. The van der Waals surface area contributed by atoms with Crippen LogP contribution in [-0.2, 0) is 11.2 Å². The summed E-state index contributed by atoms with van der Waals surface area (Å²) in [6.07, 6.45) is 5.04. The molecule has 2 bridgehead atoms. The number of carbonyl (C=O) groups is 1. The van der Waals surface area contributed by atoms with E-state index in [4.69, 9.17) is 0 Å². The monoisotopic (exact) mass is 293 g/mol. The van der Waals surface area contributed by atoms with Gasteiger partial charge in [0.15, 0.2) is 0 Å². The normalized spacial score (nSPS) is 29.4. The minimum Gasteiger partial charge on any atom is -0.300 e. The van der Waals surface area contributed by atoms with Crippen molar-refractivity contribution in [3.05, 3.63) is 35.4 Å². The van der Waals surface area contributed by atoms with E-state index in [9.17, 15) is 13.6 Å². The lowest BCUT2D eigenvalue weighted by Crippen LogP contribution is -2.51. The quantitative estimate of drug-likeness (QED) is 0.852. The van der Waals surface area contributed by atoms with Crippen molar-refractivity contribution < 1.29 is 13.6 Å². The summed E-state index contributed by atoms with van der Waals surface area (Å²) in [4.78, 5) is 14.8. The fraction of sp³-hybridized carbons (Fsp3) is 0.588. The Balaban J connectivity index is 1.72. The van der Waals surface area contributed by atoms with Gasteiger partial charge in [-0.05, 0) is 44.9 Å². The number of ketones is 1. The van der Waals surface area contributed by atoms with E-state index in [0.29, 0.717) is 12.1 Å². The average molecular weight is 293 g/mol. The standard InChI is InChI=1S/C17H21F2NO/c1-20-12-4-2-5-13(20)9-11(8-12)17(21)10-14-15(18)6-3-7-16(14)19/h3,6-7,11-13H,2,4-5,8-10H2,1H3. The van der Waals surface area contributed by atoms with Gasteiger partial charge in [0.2, 0.25) is 0 Å². The number of nitrogens with zero attached hydrogens (tertiary/aromatic N) is 1. The van der Waals surface area contributed by atoms with Crippen molar-refractivity contribution >= 4 is 5.78 Å². The van der Waals surface area contributed by atoms with Gasteiger partial charge in [-0.25, -0.2) is 8.78 Å². The van der Waals surface area contributed by atoms with Gasteiger partial charge < -0.3 is 4.90 Å². The number of halogens is 2. The van der Waals surface area contributed by atoms with Crippen molar-refractivity contribution in [2.24, 2.45) is 5.92 Å². The number of piperidine rings is 2. The molecule has 0 N–H and O–H groups in total. The van der Waals surface area contributed by atoms with Gasteiger partial charge in [0.05, 0.1) is 0 Å². The van der Waals surface area contributed by atoms with Crippen LogP contribution in [0.3, 0.4) is 0 Å². The maximum Gasteiger partial charge on any atom is 0.140 e. The Morgan fingerprint density at radius 1 is 1.19 bits per heavy atom. The predicted molar refractivity (Wildman–Crippen MR) is 77.0 cm³/mol. The lowest BCUT2D eigenvalue weighted by Gasteiger charge is -2.46. The number of hydrogen-bond acceptors (Lipinski definition) is 2. The average Bonchev–Trinajstić information content (AvgIpc) is 2.42. The van der Waals surface area contributed by atoms with Crippen LogP contribution in [0, 0.1) is 17.6 Å². The number of rotatable bonds is 3. The summed E-state index contributed by atoms with van der Waals surface area (Å²) in [7, 11) is 2.13. The summed E-state index contributed by atoms with van der Waals surface area (Å²) in [5.41, 5.74) is -0.0772. The molecular formula is C17H21F2NO. The van der Waals surface area contributed by atoms with Crippen LogP contribution in [0.25, 0.3) is 0 Å². The highest BCUT2D eigenvalue weighted by Crippen LogP contribution is 2.36. The van der Waals surface area contributed by atoms with Crippen molar-refractivity contribution in [3.8, 4) is 0 Å². The van der Waals surface area contributed by atoms with E-state index in [-0.39, 0.29) is 23.7 Å². The van der Waals surface area contributed by atoms with Crippen LogP contribution in [0.15, 0.2) is 18.2 Å². The number of Topliss-reactive ketones (excluding diaryl/α,β-unsaturated/α-hetero) is 1. The van der Waals surface area contributed by atoms with Crippen LogP contribution in [0.4, 0.5) is 8.78 Å². The Morgan fingerprint density at radius 2 is 1.76 bits per heavy atom. The van der Waals surface area contributed by atoms with Crippen LogP contribution >= 0.6 is 0 Å². The van der Waals surface area contributed by atoms with Crippen LogP contribution in [0.5, 0.6) is 0 Å². The molecule has 0 aliphatic carbocycles. The van der Waals surface area contributed by atoms with Gasteiger partial charge >= 0.3 is 0 Å². The molecule has 4 heteroatoms. The zero-order valence-electron chi connectivity index (χ0n) is 12.3. The highest BCUT2D eigenvalue weighted by molar-refractivity contribution is 5.83. The molecule has 2 aliphatic heterocycles. The molecule has 0 saturated carbocycles. The summed E-state index contributed by atoms with van der Waals surface area (Å²) >= 11 is 0. The molecule has 2 saturated heterocycles. The van der Waals surface area contributed by atoms with Gasteiger partial charge in [0.25, 0.3) is 0 Å². The zero-order valence-corrected chi connectivity index (χ0v) is 12.3. The van der Waals surface area contributed by atoms with E-state index in [0.717, 1.165) is 25.7 Å². The van der Waals surface area contributed by atoms with Gasteiger partial charge in [0.1, 0.15) is 17.4 Å². The minimum absolute atomic E-state index is 0.0102. The largest absolute Gasteiger partial charge is 0.300 e. The molecule has 2 unspecified atom stereocenters. The highest BCUT2D eigenvalue weighted by atomic mass is 19.1. The van der Waals surface area contributed by atoms with Crippen LogP contribution < -0.4 is 0 Å². The van der Waals surface area contributed by atoms with E-state index in [1.807, 2.05) is 0 Å². The number of carbonyl (C=O) groups excluding carboxylic acids is 1. The SMILES string of the molecule is CN1C2CCCC1CC(C(=O)Cc1c(F)cccc1F)C2. The van der Waals surface area contributed by atoms with Gasteiger partial charge in [-0.2, -0.15) is 0 Å². The van der Waals surface area contributed by atoms with Crippen LogP contribution in [0.2, 0.25) is 0 Å². The lowest BCUT2D eigenvalue weighted by molar-refractivity contribution is -0.126. The van der Waals surface area contributed by atoms with Crippen molar-refractivity contribution in [1.29, 1.82) is 0 Å². The molecule has 0 radical (unpaired) electrons. The molecule has 114 valence electrons. The molecular weight excluding hydrogens is 272 g/mol. The summed E-state index contributed by atoms with van der Waals surface area (Å²) in [5.74, 6) is -1.28. The Hall–Kier alpha value is -1.29. The Bertz CT molecular complexity index is 511.